The number of benzene rings is 1. The Bertz CT molecular complexity index is 894. The van der Waals surface area contributed by atoms with Crippen LogP contribution in [-0.4, -0.2) is 54.7 Å². The van der Waals surface area contributed by atoms with E-state index in [4.69, 9.17) is 11.6 Å². The molecule has 0 bridgehead atoms. The fraction of sp³-hybridized carbons (Fsp3) is 0.294. The number of aromatic nitrogens is 1. The number of aryl methyl sites for hydroxylation is 1. The number of rotatable bonds is 3. The van der Waals surface area contributed by atoms with Crippen LogP contribution in [0.3, 0.4) is 0 Å². The maximum atomic E-state index is 12.7. The predicted molar refractivity (Wildman–Crippen MR) is 95.1 cm³/mol. The molecular formula is C17H18ClN3O3S. The molecule has 8 heteroatoms. The first kappa shape index (κ1) is 17.8. The van der Waals surface area contributed by atoms with Gasteiger partial charge in [-0.05, 0) is 37.3 Å². The minimum atomic E-state index is -3.61. The zero-order chi connectivity index (χ0) is 18.0. The Kier molecular flexibility index (Phi) is 5.08. The minimum Gasteiger partial charge on any atom is -0.335 e. The minimum absolute atomic E-state index is 0.167. The van der Waals surface area contributed by atoms with E-state index in [1.54, 1.807) is 29.2 Å². The molecule has 0 unspecified atom stereocenters. The van der Waals surface area contributed by atoms with E-state index in [-0.39, 0.29) is 23.9 Å². The van der Waals surface area contributed by atoms with Crippen LogP contribution in [0.15, 0.2) is 47.4 Å². The van der Waals surface area contributed by atoms with E-state index in [2.05, 4.69) is 4.98 Å². The highest BCUT2D eigenvalue weighted by atomic mass is 35.5. The molecular weight excluding hydrogens is 362 g/mol. The highest BCUT2D eigenvalue weighted by molar-refractivity contribution is 7.89. The lowest BCUT2D eigenvalue weighted by Gasteiger charge is -2.33. The van der Waals surface area contributed by atoms with E-state index in [1.165, 1.54) is 16.4 Å². The third-order valence-corrected chi connectivity index (χ3v) is 6.20. The van der Waals surface area contributed by atoms with Crippen molar-refractivity contribution in [3.05, 3.63) is 58.9 Å². The molecule has 3 rings (SSSR count). The molecule has 0 saturated carbocycles. The Morgan fingerprint density at radius 3 is 2.40 bits per heavy atom. The summed E-state index contributed by atoms with van der Waals surface area (Å²) in [6.45, 7) is 2.97. The van der Waals surface area contributed by atoms with Gasteiger partial charge in [0.25, 0.3) is 5.91 Å². The van der Waals surface area contributed by atoms with Crippen LogP contribution in [-0.2, 0) is 10.0 Å². The Morgan fingerprint density at radius 1 is 1.08 bits per heavy atom. The second kappa shape index (κ2) is 7.11. The standard InChI is InChI=1S/C17H18ClN3O3S/c1-13-4-2-7-16(19-13)17(22)20-8-10-21(11-9-20)25(23,24)15-6-3-5-14(18)12-15/h2-7,12H,8-11H2,1H3. The molecule has 0 aliphatic carbocycles. The largest absolute Gasteiger partial charge is 0.335 e. The van der Waals surface area contributed by atoms with Crippen molar-refractivity contribution < 1.29 is 13.2 Å². The molecule has 1 amide bonds. The molecule has 1 fully saturated rings. The summed E-state index contributed by atoms with van der Waals surface area (Å²) < 4.78 is 26.7. The third-order valence-electron chi connectivity index (χ3n) is 4.07. The van der Waals surface area contributed by atoms with Crippen molar-refractivity contribution in [2.75, 3.05) is 26.2 Å². The molecule has 132 valence electrons. The van der Waals surface area contributed by atoms with Crippen molar-refractivity contribution in [3.63, 3.8) is 0 Å². The molecule has 2 aromatic rings. The number of sulfonamides is 1. The first-order chi connectivity index (χ1) is 11.9. The second-order valence-electron chi connectivity index (χ2n) is 5.82. The van der Waals surface area contributed by atoms with E-state index in [0.29, 0.717) is 23.8 Å². The molecule has 0 radical (unpaired) electrons. The maximum absolute atomic E-state index is 12.7. The number of amides is 1. The summed E-state index contributed by atoms with van der Waals surface area (Å²) in [7, 11) is -3.61. The van der Waals surface area contributed by atoms with Crippen LogP contribution in [0.4, 0.5) is 0 Å². The monoisotopic (exact) mass is 379 g/mol. The van der Waals surface area contributed by atoms with Crippen LogP contribution in [0.5, 0.6) is 0 Å². The van der Waals surface area contributed by atoms with E-state index < -0.39 is 10.0 Å². The highest BCUT2D eigenvalue weighted by Gasteiger charge is 2.30. The fourth-order valence-corrected chi connectivity index (χ4v) is 4.46. The smallest absolute Gasteiger partial charge is 0.272 e. The van der Waals surface area contributed by atoms with E-state index in [1.807, 2.05) is 13.0 Å². The maximum Gasteiger partial charge on any atom is 0.272 e. The molecule has 1 aliphatic heterocycles. The van der Waals surface area contributed by atoms with Crippen LogP contribution in [0.2, 0.25) is 5.02 Å². The van der Waals surface area contributed by atoms with Gasteiger partial charge in [0.05, 0.1) is 4.90 Å². The number of carbonyl (C=O) groups excluding carboxylic acids is 1. The number of pyridine rings is 1. The normalized spacial score (nSPS) is 16.0. The molecule has 0 N–H and O–H groups in total. The fourth-order valence-electron chi connectivity index (χ4n) is 2.73. The zero-order valence-electron chi connectivity index (χ0n) is 13.7. The number of halogens is 1. The van der Waals surface area contributed by atoms with E-state index >= 15 is 0 Å². The lowest BCUT2D eigenvalue weighted by Crippen LogP contribution is -2.50. The van der Waals surface area contributed by atoms with Gasteiger partial charge in [-0.1, -0.05) is 23.7 Å². The number of nitrogens with zero attached hydrogens (tertiary/aromatic N) is 3. The topological polar surface area (TPSA) is 70.6 Å². The average Bonchev–Trinajstić information content (AvgIpc) is 2.61. The van der Waals surface area contributed by atoms with Crippen molar-refractivity contribution in [2.24, 2.45) is 0 Å². The second-order valence-corrected chi connectivity index (χ2v) is 8.19. The quantitative estimate of drug-likeness (QED) is 0.819. The molecule has 1 aromatic carbocycles. The molecule has 6 nitrogen and oxygen atoms in total. The van der Waals surface area contributed by atoms with Crippen molar-refractivity contribution in [1.29, 1.82) is 0 Å². The molecule has 1 aliphatic rings. The van der Waals surface area contributed by atoms with Crippen molar-refractivity contribution in [2.45, 2.75) is 11.8 Å². The lowest BCUT2D eigenvalue weighted by atomic mass is 10.2. The zero-order valence-corrected chi connectivity index (χ0v) is 15.3. The third kappa shape index (κ3) is 3.84. The highest BCUT2D eigenvalue weighted by Crippen LogP contribution is 2.21. The number of hydrogen-bond donors (Lipinski definition) is 0. The molecule has 0 atom stereocenters. The van der Waals surface area contributed by atoms with Crippen molar-refractivity contribution >= 4 is 27.5 Å². The molecule has 0 spiro atoms. The van der Waals surface area contributed by atoms with Crippen LogP contribution >= 0.6 is 11.6 Å². The summed E-state index contributed by atoms with van der Waals surface area (Å²) >= 11 is 5.89. The van der Waals surface area contributed by atoms with Gasteiger partial charge in [-0.15, -0.1) is 0 Å². The average molecular weight is 380 g/mol. The van der Waals surface area contributed by atoms with E-state index in [9.17, 15) is 13.2 Å². The van der Waals surface area contributed by atoms with Gasteiger partial charge in [-0.2, -0.15) is 4.31 Å². The van der Waals surface area contributed by atoms with Crippen LogP contribution in [0.1, 0.15) is 16.2 Å². The summed E-state index contributed by atoms with van der Waals surface area (Å²) in [6.07, 6.45) is 0. The van der Waals surface area contributed by atoms with Gasteiger partial charge in [0, 0.05) is 36.9 Å². The van der Waals surface area contributed by atoms with Gasteiger partial charge in [-0.25, -0.2) is 13.4 Å². The molecule has 2 heterocycles. The van der Waals surface area contributed by atoms with Gasteiger partial charge in [0.2, 0.25) is 10.0 Å². The van der Waals surface area contributed by atoms with Gasteiger partial charge < -0.3 is 4.90 Å². The van der Waals surface area contributed by atoms with Crippen LogP contribution in [0, 0.1) is 6.92 Å². The lowest BCUT2D eigenvalue weighted by molar-refractivity contribution is 0.0691. The van der Waals surface area contributed by atoms with Crippen molar-refractivity contribution in [3.8, 4) is 0 Å². The molecule has 1 aromatic heterocycles. The van der Waals surface area contributed by atoms with E-state index in [0.717, 1.165) is 5.69 Å². The first-order valence-corrected chi connectivity index (χ1v) is 9.68. The van der Waals surface area contributed by atoms with Crippen LogP contribution in [0.25, 0.3) is 0 Å². The Hall–Kier alpha value is -1.96. The molecule has 25 heavy (non-hydrogen) atoms. The van der Waals surface area contributed by atoms with Gasteiger partial charge in [0.15, 0.2) is 0 Å². The van der Waals surface area contributed by atoms with Gasteiger partial charge in [0.1, 0.15) is 5.69 Å². The summed E-state index contributed by atoms with van der Waals surface area (Å²) in [5, 5.41) is 0.375. The summed E-state index contributed by atoms with van der Waals surface area (Å²) in [5.74, 6) is -0.177. The van der Waals surface area contributed by atoms with Gasteiger partial charge >= 0.3 is 0 Å². The number of carbonyl (C=O) groups is 1. The summed E-state index contributed by atoms with van der Waals surface area (Å²) in [5.41, 5.74) is 1.15. The van der Waals surface area contributed by atoms with Crippen LogP contribution < -0.4 is 0 Å². The predicted octanol–water partition coefficient (Wildman–Crippen LogP) is 2.19. The first-order valence-electron chi connectivity index (χ1n) is 7.86. The molecule has 1 saturated heterocycles. The Balaban J connectivity index is 1.70. The SMILES string of the molecule is Cc1cccc(C(=O)N2CCN(S(=O)(=O)c3cccc(Cl)c3)CC2)n1. The Morgan fingerprint density at radius 2 is 1.76 bits per heavy atom. The number of piperazine rings is 1. The summed E-state index contributed by atoms with van der Waals surface area (Å²) in [6, 6.07) is 11.5. The van der Waals surface area contributed by atoms with Crippen molar-refractivity contribution in [1.82, 2.24) is 14.2 Å². The number of hydrogen-bond acceptors (Lipinski definition) is 4. The van der Waals surface area contributed by atoms with Gasteiger partial charge in [-0.3, -0.25) is 4.79 Å². The Labute approximate surface area is 152 Å². The summed E-state index contributed by atoms with van der Waals surface area (Å²) in [4.78, 5) is 18.5.